The van der Waals surface area contributed by atoms with Crippen molar-refractivity contribution in [2.45, 2.75) is 25.8 Å². The normalized spacial score (nSPS) is 10.9. The summed E-state index contributed by atoms with van der Waals surface area (Å²) in [6.07, 6.45) is 3.09. The van der Waals surface area contributed by atoms with Gasteiger partial charge in [-0.05, 0) is 41.8 Å². The number of hydrogen-bond acceptors (Lipinski definition) is 5. The fraction of sp³-hybridized carbons (Fsp3) is 0.462. The third-order valence-corrected chi connectivity index (χ3v) is 3.44. The number of rotatable bonds is 7. The van der Waals surface area contributed by atoms with E-state index < -0.39 is 0 Å². The van der Waals surface area contributed by atoms with E-state index in [1.807, 2.05) is 12.1 Å². The van der Waals surface area contributed by atoms with Crippen LogP contribution in [-0.4, -0.2) is 33.9 Å². The van der Waals surface area contributed by atoms with Crippen molar-refractivity contribution in [3.63, 3.8) is 0 Å². The van der Waals surface area contributed by atoms with Gasteiger partial charge in [0.15, 0.2) is 5.82 Å². The second kappa shape index (κ2) is 7.21. The number of halogens is 1. The molecule has 0 saturated carbocycles. The first-order chi connectivity index (χ1) is 9.74. The molecule has 2 aromatic rings. The molecule has 0 aliphatic carbocycles. The Morgan fingerprint density at radius 1 is 1.30 bits per heavy atom. The van der Waals surface area contributed by atoms with Crippen molar-refractivity contribution in [3.8, 4) is 11.4 Å². The molecule has 108 valence electrons. The number of nitrogen functional groups attached to an aromatic ring is 1. The molecule has 0 saturated heterocycles. The number of unbranched alkanes of at least 4 members (excludes halogenated alkanes) is 2. The van der Waals surface area contributed by atoms with Gasteiger partial charge in [-0.2, -0.15) is 0 Å². The summed E-state index contributed by atoms with van der Waals surface area (Å²) in [4.78, 5) is 0. The number of benzene rings is 1. The van der Waals surface area contributed by atoms with E-state index in [0.29, 0.717) is 16.5 Å². The number of hydrogen-bond donors (Lipinski definition) is 1. The Bertz CT molecular complexity index is 557. The lowest BCUT2D eigenvalue weighted by Gasteiger charge is -2.07. The van der Waals surface area contributed by atoms with E-state index >= 15 is 0 Å². The predicted octanol–water partition coefficient (Wildman–Crippen LogP) is 2.39. The van der Waals surface area contributed by atoms with Crippen molar-refractivity contribution >= 4 is 17.3 Å². The summed E-state index contributed by atoms with van der Waals surface area (Å²) in [7, 11) is 1.71. The number of methoxy groups -OCH3 is 1. The lowest BCUT2D eigenvalue weighted by molar-refractivity contribution is 0.191. The number of nitrogens with zero attached hydrogens (tertiary/aromatic N) is 4. The lowest BCUT2D eigenvalue weighted by Crippen LogP contribution is -2.04. The highest BCUT2D eigenvalue weighted by atomic mass is 35.5. The molecule has 0 aliphatic rings. The molecule has 1 aromatic carbocycles. The Morgan fingerprint density at radius 2 is 2.15 bits per heavy atom. The molecule has 1 heterocycles. The Labute approximate surface area is 122 Å². The van der Waals surface area contributed by atoms with Gasteiger partial charge in [-0.3, -0.25) is 0 Å². The fourth-order valence-electron chi connectivity index (χ4n) is 1.96. The van der Waals surface area contributed by atoms with Crippen LogP contribution in [0.25, 0.3) is 11.4 Å². The van der Waals surface area contributed by atoms with Gasteiger partial charge in [-0.1, -0.05) is 17.7 Å². The van der Waals surface area contributed by atoms with Crippen LogP contribution in [0.4, 0.5) is 5.69 Å². The molecule has 0 radical (unpaired) electrons. The Morgan fingerprint density at radius 3 is 2.95 bits per heavy atom. The molecule has 6 nitrogen and oxygen atoms in total. The van der Waals surface area contributed by atoms with Crippen molar-refractivity contribution in [1.29, 1.82) is 0 Å². The van der Waals surface area contributed by atoms with Crippen LogP contribution in [0.3, 0.4) is 0 Å². The quantitative estimate of drug-likeness (QED) is 0.627. The summed E-state index contributed by atoms with van der Waals surface area (Å²) in [6.45, 7) is 1.53. The molecule has 2 rings (SSSR count). The van der Waals surface area contributed by atoms with Gasteiger partial charge in [0.25, 0.3) is 0 Å². The summed E-state index contributed by atoms with van der Waals surface area (Å²) in [5.74, 6) is 0.647. The molecular weight excluding hydrogens is 278 g/mol. The van der Waals surface area contributed by atoms with Crippen LogP contribution in [0, 0.1) is 0 Å². The van der Waals surface area contributed by atoms with Crippen LogP contribution >= 0.6 is 11.6 Å². The summed E-state index contributed by atoms with van der Waals surface area (Å²) in [6, 6.07) is 5.46. The van der Waals surface area contributed by atoms with Crippen molar-refractivity contribution in [3.05, 3.63) is 23.2 Å². The van der Waals surface area contributed by atoms with E-state index in [1.165, 1.54) is 0 Å². The lowest BCUT2D eigenvalue weighted by atomic mass is 10.2. The maximum Gasteiger partial charge on any atom is 0.183 e. The molecule has 0 aliphatic heterocycles. The van der Waals surface area contributed by atoms with E-state index in [4.69, 9.17) is 22.1 Å². The maximum absolute atomic E-state index is 6.21. The Balaban J connectivity index is 2.06. The van der Waals surface area contributed by atoms with E-state index in [0.717, 1.165) is 38.0 Å². The standard InChI is InChI=1S/C13H18ClN5O/c1-20-9-4-2-3-8-19-13(16-17-18-19)10-6-5-7-11(15)12(10)14/h5-7H,2-4,8-9,15H2,1H3. The topological polar surface area (TPSA) is 78.8 Å². The minimum atomic E-state index is 0.489. The molecular formula is C13H18ClN5O. The third kappa shape index (κ3) is 3.46. The molecule has 7 heteroatoms. The molecule has 0 unspecified atom stereocenters. The summed E-state index contributed by atoms with van der Waals surface area (Å²) >= 11 is 6.21. The zero-order valence-corrected chi connectivity index (χ0v) is 12.2. The maximum atomic E-state index is 6.21. The molecule has 0 amide bonds. The highest BCUT2D eigenvalue weighted by Crippen LogP contribution is 2.30. The van der Waals surface area contributed by atoms with E-state index in [2.05, 4.69) is 15.5 Å². The third-order valence-electron chi connectivity index (χ3n) is 3.02. The van der Waals surface area contributed by atoms with Crippen LogP contribution < -0.4 is 5.73 Å². The van der Waals surface area contributed by atoms with Gasteiger partial charge >= 0.3 is 0 Å². The van der Waals surface area contributed by atoms with Crippen molar-refractivity contribution in [2.24, 2.45) is 0 Å². The van der Waals surface area contributed by atoms with E-state index in [-0.39, 0.29) is 0 Å². The molecule has 0 atom stereocenters. The van der Waals surface area contributed by atoms with Gasteiger partial charge in [-0.25, -0.2) is 4.68 Å². The van der Waals surface area contributed by atoms with Crippen LogP contribution in [0.2, 0.25) is 5.02 Å². The molecule has 0 fully saturated rings. The van der Waals surface area contributed by atoms with Gasteiger partial charge in [0, 0.05) is 25.8 Å². The van der Waals surface area contributed by atoms with Gasteiger partial charge in [0.2, 0.25) is 0 Å². The van der Waals surface area contributed by atoms with E-state index in [9.17, 15) is 0 Å². The number of aryl methyl sites for hydroxylation is 1. The zero-order chi connectivity index (χ0) is 14.4. The van der Waals surface area contributed by atoms with Crippen LogP contribution in [-0.2, 0) is 11.3 Å². The molecule has 0 bridgehead atoms. The first-order valence-electron chi connectivity index (χ1n) is 6.53. The number of tetrazole rings is 1. The number of ether oxygens (including phenoxy) is 1. The van der Waals surface area contributed by atoms with Crippen molar-refractivity contribution < 1.29 is 4.74 Å². The SMILES string of the molecule is COCCCCCn1nnnc1-c1cccc(N)c1Cl. The van der Waals surface area contributed by atoms with Crippen LogP contribution in [0.15, 0.2) is 18.2 Å². The Kier molecular flexibility index (Phi) is 5.31. The van der Waals surface area contributed by atoms with Crippen LogP contribution in [0.1, 0.15) is 19.3 Å². The first-order valence-corrected chi connectivity index (χ1v) is 6.91. The monoisotopic (exact) mass is 295 g/mol. The highest BCUT2D eigenvalue weighted by Gasteiger charge is 2.13. The summed E-state index contributed by atoms with van der Waals surface area (Å²) in [5.41, 5.74) is 7.09. The van der Waals surface area contributed by atoms with E-state index in [1.54, 1.807) is 17.9 Å². The van der Waals surface area contributed by atoms with Gasteiger partial charge in [0.1, 0.15) is 0 Å². The summed E-state index contributed by atoms with van der Waals surface area (Å²) < 4.78 is 6.78. The predicted molar refractivity (Wildman–Crippen MR) is 78.4 cm³/mol. The average Bonchev–Trinajstić information content (AvgIpc) is 2.90. The summed E-state index contributed by atoms with van der Waals surface area (Å²) in [5, 5.41) is 12.3. The second-order valence-corrected chi connectivity index (χ2v) is 4.87. The van der Waals surface area contributed by atoms with Crippen molar-refractivity contribution in [1.82, 2.24) is 20.2 Å². The van der Waals surface area contributed by atoms with Crippen molar-refractivity contribution in [2.75, 3.05) is 19.5 Å². The minimum absolute atomic E-state index is 0.489. The highest BCUT2D eigenvalue weighted by molar-refractivity contribution is 6.35. The molecule has 1 aromatic heterocycles. The average molecular weight is 296 g/mol. The molecule has 20 heavy (non-hydrogen) atoms. The second-order valence-electron chi connectivity index (χ2n) is 4.49. The number of anilines is 1. The van der Waals surface area contributed by atoms with Gasteiger partial charge < -0.3 is 10.5 Å². The van der Waals surface area contributed by atoms with Crippen LogP contribution in [0.5, 0.6) is 0 Å². The van der Waals surface area contributed by atoms with Gasteiger partial charge in [-0.15, -0.1) is 5.10 Å². The largest absolute Gasteiger partial charge is 0.398 e. The smallest absolute Gasteiger partial charge is 0.183 e. The first kappa shape index (κ1) is 14.7. The Hall–Kier alpha value is -1.66. The zero-order valence-electron chi connectivity index (χ0n) is 11.4. The fourth-order valence-corrected chi connectivity index (χ4v) is 2.17. The molecule has 2 N–H and O–H groups in total. The van der Waals surface area contributed by atoms with Gasteiger partial charge in [0.05, 0.1) is 10.7 Å². The number of aromatic nitrogens is 4. The minimum Gasteiger partial charge on any atom is -0.398 e. The molecule has 0 spiro atoms. The number of nitrogens with two attached hydrogens (primary N) is 1.